The van der Waals surface area contributed by atoms with Crippen LogP contribution < -0.4 is 0 Å². The lowest BCUT2D eigenvalue weighted by atomic mass is 10.0. The molecular weight excluding hydrogens is 376 g/mol. The molecule has 0 aliphatic heterocycles. The lowest BCUT2D eigenvalue weighted by Crippen LogP contribution is -2.28. The summed E-state index contributed by atoms with van der Waals surface area (Å²) in [6.45, 7) is 0. The third kappa shape index (κ3) is 3.88. The molecule has 0 unspecified atom stereocenters. The van der Waals surface area contributed by atoms with Crippen LogP contribution >= 0.6 is 0 Å². The molecule has 0 heterocycles. The van der Waals surface area contributed by atoms with E-state index in [1.165, 1.54) is 36.5 Å². The lowest BCUT2D eigenvalue weighted by Gasteiger charge is -2.27. The molecule has 14 nitrogen and oxygen atoms in total. The molecular formula is C12H10N12O2S. The summed E-state index contributed by atoms with van der Waals surface area (Å²) >= 11 is 0. The van der Waals surface area contributed by atoms with Crippen molar-refractivity contribution < 1.29 is 8.42 Å². The highest BCUT2D eigenvalue weighted by Gasteiger charge is 2.38. The summed E-state index contributed by atoms with van der Waals surface area (Å²) in [4.78, 5) is 10.0. The molecule has 0 bridgehead atoms. The average molecular weight is 386 g/mol. The van der Waals surface area contributed by atoms with Gasteiger partial charge in [-0.3, -0.25) is 0 Å². The maximum Gasteiger partial charge on any atom is 0.199 e. The van der Waals surface area contributed by atoms with Crippen molar-refractivity contribution in [3.63, 3.8) is 0 Å². The van der Waals surface area contributed by atoms with E-state index >= 15 is 0 Å². The summed E-state index contributed by atoms with van der Waals surface area (Å²) in [6, 6.07) is 0. The van der Waals surface area contributed by atoms with E-state index < -0.39 is 34.0 Å². The predicted molar refractivity (Wildman–Crippen MR) is 94.6 cm³/mol. The summed E-state index contributed by atoms with van der Waals surface area (Å²) in [5.74, 6) is 0. The Kier molecular flexibility index (Phi) is 5.47. The van der Waals surface area contributed by atoms with Crippen molar-refractivity contribution in [2.75, 3.05) is 0 Å². The van der Waals surface area contributed by atoms with Crippen molar-refractivity contribution in [2.24, 2.45) is 20.5 Å². The summed E-state index contributed by atoms with van der Waals surface area (Å²) in [5.41, 5.74) is 31.3. The molecule has 0 radical (unpaired) electrons. The number of hydrogen-bond acceptors (Lipinski definition) is 6. The van der Waals surface area contributed by atoms with E-state index in [0.29, 0.717) is 0 Å². The van der Waals surface area contributed by atoms with Crippen LogP contribution in [0.2, 0.25) is 0 Å². The molecule has 0 fully saturated rings. The van der Waals surface area contributed by atoms with Crippen molar-refractivity contribution in [1.29, 1.82) is 0 Å². The maximum atomic E-state index is 13.0. The Bertz CT molecular complexity index is 955. The number of azide groups is 2. The normalized spacial score (nSPS) is 26.2. The molecule has 15 heteroatoms. The topological polar surface area (TPSA) is 229 Å². The molecule has 0 aromatic heterocycles. The predicted octanol–water partition coefficient (Wildman–Crippen LogP) is 4.72. The van der Waals surface area contributed by atoms with Gasteiger partial charge in [0.15, 0.2) is 9.84 Å². The monoisotopic (exact) mass is 386 g/mol. The standard InChI is InChI=1S/C12H10N12O2S/c13-21-17-11(18-22-14)5-1-3-9(7-11)27(25,26)10-4-2-6-12(8-10,19-23-15)20-24-16/h1-6H,7-8H2. The second kappa shape index (κ2) is 7.58. The van der Waals surface area contributed by atoms with E-state index in [4.69, 9.17) is 22.1 Å². The molecule has 0 saturated carbocycles. The van der Waals surface area contributed by atoms with Crippen molar-refractivity contribution >= 4 is 9.84 Å². The molecule has 2 aliphatic carbocycles. The molecule has 2 rings (SSSR count). The Morgan fingerprint density at radius 3 is 1.37 bits per heavy atom. The van der Waals surface area contributed by atoms with E-state index in [1.807, 2.05) is 0 Å². The van der Waals surface area contributed by atoms with Crippen LogP contribution in [-0.4, -0.2) is 19.7 Å². The summed E-state index contributed by atoms with van der Waals surface area (Å²) in [7, 11) is -4.11. The Balaban J connectivity index is 2.47. The molecule has 0 amide bonds. The summed E-state index contributed by atoms with van der Waals surface area (Å²) < 4.78 is 26.0. The number of nitrogens with zero attached hydrogens (tertiary/aromatic N) is 12. The minimum atomic E-state index is -4.11. The van der Waals surface area contributed by atoms with Crippen LogP contribution in [0.15, 0.2) is 66.7 Å². The third-order valence-corrected chi connectivity index (χ3v) is 5.66. The molecule has 0 spiro atoms. The van der Waals surface area contributed by atoms with Crippen LogP contribution in [-0.2, 0) is 9.84 Å². The highest BCUT2D eigenvalue weighted by molar-refractivity contribution is 7.99. The number of rotatable bonds is 6. The molecule has 0 aromatic rings. The van der Waals surface area contributed by atoms with Gasteiger partial charge in [-0.15, -0.1) is 0 Å². The van der Waals surface area contributed by atoms with E-state index in [0.717, 1.165) is 0 Å². The first-order chi connectivity index (χ1) is 12.9. The van der Waals surface area contributed by atoms with Crippen LogP contribution in [0.3, 0.4) is 0 Å². The molecule has 0 aromatic carbocycles. The zero-order chi connectivity index (χ0) is 20.0. The minimum absolute atomic E-state index is 0.179. The van der Waals surface area contributed by atoms with Gasteiger partial charge < -0.3 is 0 Å². The van der Waals surface area contributed by atoms with Gasteiger partial charge in [-0.25, -0.2) is 8.42 Å². The number of allylic oxidation sites excluding steroid dienone is 4. The highest BCUT2D eigenvalue weighted by Crippen LogP contribution is 2.38. The van der Waals surface area contributed by atoms with Gasteiger partial charge in [0, 0.05) is 42.3 Å². The van der Waals surface area contributed by atoms with Crippen LogP contribution in [0.25, 0.3) is 41.8 Å². The van der Waals surface area contributed by atoms with Gasteiger partial charge in [0.1, 0.15) is 11.3 Å². The molecule has 27 heavy (non-hydrogen) atoms. The Hall–Kier alpha value is -3.85. The maximum absolute atomic E-state index is 13.0. The van der Waals surface area contributed by atoms with Crippen molar-refractivity contribution in [3.8, 4) is 0 Å². The van der Waals surface area contributed by atoms with Crippen molar-refractivity contribution in [1.82, 2.24) is 0 Å². The zero-order valence-corrected chi connectivity index (χ0v) is 14.3. The van der Waals surface area contributed by atoms with Gasteiger partial charge in [-0.05, 0) is 34.3 Å². The molecule has 0 saturated heterocycles. The largest absolute Gasteiger partial charge is 0.219 e. The van der Waals surface area contributed by atoms with E-state index in [2.05, 4.69) is 40.1 Å². The van der Waals surface area contributed by atoms with Crippen LogP contribution in [0.4, 0.5) is 0 Å². The average Bonchev–Trinajstić information content (AvgIpc) is 2.63. The van der Waals surface area contributed by atoms with E-state index in [9.17, 15) is 8.42 Å². The number of hydrogen-bond donors (Lipinski definition) is 0. The second-order valence-corrected chi connectivity index (χ2v) is 7.41. The fourth-order valence-electron chi connectivity index (χ4n) is 2.53. The van der Waals surface area contributed by atoms with Crippen molar-refractivity contribution in [2.45, 2.75) is 24.2 Å². The first kappa shape index (κ1) is 19.5. The van der Waals surface area contributed by atoms with Crippen LogP contribution in [0.5, 0.6) is 0 Å². The third-order valence-electron chi connectivity index (χ3n) is 3.72. The highest BCUT2D eigenvalue weighted by atomic mass is 32.2. The van der Waals surface area contributed by atoms with E-state index in [-0.39, 0.29) is 9.81 Å². The van der Waals surface area contributed by atoms with Gasteiger partial charge in [0.2, 0.25) is 0 Å². The lowest BCUT2D eigenvalue weighted by molar-refractivity contribution is 0.527. The quantitative estimate of drug-likeness (QED) is 0.358. The van der Waals surface area contributed by atoms with Gasteiger partial charge in [0.25, 0.3) is 0 Å². The molecule has 0 N–H and O–H groups in total. The first-order valence-corrected chi connectivity index (χ1v) is 8.62. The van der Waals surface area contributed by atoms with Gasteiger partial charge in [-0.2, -0.15) is 0 Å². The fourth-order valence-corrected chi connectivity index (χ4v) is 4.19. The first-order valence-electron chi connectivity index (χ1n) is 7.14. The smallest absolute Gasteiger partial charge is 0.199 e. The Labute approximate surface area is 151 Å². The minimum Gasteiger partial charge on any atom is -0.219 e. The zero-order valence-electron chi connectivity index (χ0n) is 13.5. The molecule has 136 valence electrons. The fraction of sp³-hybridized carbons (Fsp3) is 0.333. The Morgan fingerprint density at radius 2 is 1.07 bits per heavy atom. The van der Waals surface area contributed by atoms with Gasteiger partial charge >= 0.3 is 0 Å². The SMILES string of the molecule is [N-]=[N+]=NC1(N=[N+]=[N-])C=CC=C(S(=O)(=O)C2=CC=CC(N=[N+]=[N-])(N=[N+]=[N-])C2)C1. The number of sulfone groups is 1. The summed E-state index contributed by atoms with van der Waals surface area (Å²) in [5, 5.41) is 13.6. The van der Waals surface area contributed by atoms with Crippen molar-refractivity contribution in [3.05, 3.63) is 88.0 Å². The van der Waals surface area contributed by atoms with Crippen LogP contribution in [0.1, 0.15) is 12.8 Å². The molecule has 2 aliphatic rings. The second-order valence-electron chi connectivity index (χ2n) is 5.36. The van der Waals surface area contributed by atoms with Crippen LogP contribution in [0, 0.1) is 0 Å². The molecule has 0 atom stereocenters. The van der Waals surface area contributed by atoms with Gasteiger partial charge in [-0.1, -0.05) is 44.8 Å². The van der Waals surface area contributed by atoms with E-state index in [1.54, 1.807) is 0 Å². The summed E-state index contributed by atoms with van der Waals surface area (Å²) in [6.07, 6.45) is 6.93. The van der Waals surface area contributed by atoms with Gasteiger partial charge in [0.05, 0.1) is 0 Å². The Morgan fingerprint density at radius 1 is 0.741 bits per heavy atom.